The fourth-order valence-electron chi connectivity index (χ4n) is 1.19. The molecule has 0 atom stereocenters. The maximum Gasteiger partial charge on any atom is 0.327 e. The van der Waals surface area contributed by atoms with Crippen molar-refractivity contribution in [2.75, 3.05) is 12.3 Å². The number of ether oxygens (including phenoxy) is 1. The molecule has 0 saturated heterocycles. The second-order valence-corrected chi connectivity index (χ2v) is 3.61. The highest BCUT2D eigenvalue weighted by molar-refractivity contribution is 5.69. The van der Waals surface area contributed by atoms with Crippen LogP contribution in [0.4, 0.5) is 5.82 Å². The van der Waals surface area contributed by atoms with E-state index in [4.69, 9.17) is 10.5 Å². The van der Waals surface area contributed by atoms with Gasteiger partial charge in [-0.3, -0.25) is 4.79 Å². The van der Waals surface area contributed by atoms with Gasteiger partial charge in [0.1, 0.15) is 12.4 Å². The lowest BCUT2D eigenvalue weighted by Crippen LogP contribution is -2.16. The van der Waals surface area contributed by atoms with Gasteiger partial charge in [-0.1, -0.05) is 13.8 Å². The molecule has 84 valence electrons. The minimum atomic E-state index is -0.317. The lowest BCUT2D eigenvalue weighted by Gasteiger charge is -2.03. The van der Waals surface area contributed by atoms with Gasteiger partial charge in [0.05, 0.1) is 12.3 Å². The van der Waals surface area contributed by atoms with Crippen molar-refractivity contribution in [3.63, 3.8) is 0 Å². The first-order valence-corrected chi connectivity index (χ1v) is 5.03. The maximum atomic E-state index is 11.2. The Kier molecular flexibility index (Phi) is 3.71. The lowest BCUT2D eigenvalue weighted by molar-refractivity contribution is -0.144. The molecule has 0 aliphatic carbocycles. The molecule has 0 aliphatic heterocycles. The molecule has 0 amide bonds. The summed E-state index contributed by atoms with van der Waals surface area (Å²) in [7, 11) is 0. The van der Waals surface area contributed by atoms with Crippen molar-refractivity contribution >= 4 is 11.8 Å². The average Bonchev–Trinajstić information content (AvgIpc) is 2.48. The summed E-state index contributed by atoms with van der Waals surface area (Å²) in [6.45, 7) is 6.26. The van der Waals surface area contributed by atoms with E-state index in [2.05, 4.69) is 5.10 Å². The van der Waals surface area contributed by atoms with Crippen molar-refractivity contribution in [2.24, 2.45) is 0 Å². The molecule has 0 bridgehead atoms. The summed E-state index contributed by atoms with van der Waals surface area (Å²) < 4.78 is 6.28. The van der Waals surface area contributed by atoms with E-state index in [9.17, 15) is 4.79 Å². The summed E-state index contributed by atoms with van der Waals surface area (Å²) in [5.41, 5.74) is 6.60. The van der Waals surface area contributed by atoms with E-state index in [1.54, 1.807) is 13.0 Å². The van der Waals surface area contributed by atoms with E-state index in [1.807, 2.05) is 13.8 Å². The van der Waals surface area contributed by atoms with Gasteiger partial charge >= 0.3 is 5.97 Å². The number of hydrogen-bond acceptors (Lipinski definition) is 4. The number of nitrogens with two attached hydrogens (primary N) is 1. The average molecular weight is 211 g/mol. The molecular formula is C10H17N3O2. The van der Waals surface area contributed by atoms with E-state index in [0.29, 0.717) is 18.3 Å². The third-order valence-corrected chi connectivity index (χ3v) is 2.01. The van der Waals surface area contributed by atoms with Gasteiger partial charge in [-0.2, -0.15) is 5.10 Å². The van der Waals surface area contributed by atoms with Gasteiger partial charge in [0.2, 0.25) is 0 Å². The van der Waals surface area contributed by atoms with Crippen molar-refractivity contribution in [1.29, 1.82) is 0 Å². The van der Waals surface area contributed by atoms with Crippen LogP contribution in [0.5, 0.6) is 0 Å². The number of anilines is 1. The molecule has 0 radical (unpaired) electrons. The third kappa shape index (κ3) is 2.97. The maximum absolute atomic E-state index is 11.2. The Morgan fingerprint density at radius 2 is 2.33 bits per heavy atom. The number of hydrogen-bond donors (Lipinski definition) is 1. The minimum absolute atomic E-state index is 0.0758. The van der Waals surface area contributed by atoms with E-state index in [1.165, 1.54) is 4.68 Å². The van der Waals surface area contributed by atoms with Crippen molar-refractivity contribution < 1.29 is 9.53 Å². The number of nitrogens with zero attached hydrogens (tertiary/aromatic N) is 2. The van der Waals surface area contributed by atoms with Gasteiger partial charge in [0, 0.05) is 6.07 Å². The second kappa shape index (κ2) is 4.82. The molecular weight excluding hydrogens is 194 g/mol. The largest absolute Gasteiger partial charge is 0.465 e. The van der Waals surface area contributed by atoms with E-state index in [0.717, 1.165) is 5.69 Å². The first-order chi connectivity index (χ1) is 7.04. The number of carbonyl (C=O) groups excluding carboxylic acids is 1. The molecule has 1 aromatic rings. The molecule has 0 saturated carbocycles. The van der Waals surface area contributed by atoms with Crippen LogP contribution in [0.15, 0.2) is 6.07 Å². The van der Waals surface area contributed by atoms with Crippen LogP contribution >= 0.6 is 0 Å². The van der Waals surface area contributed by atoms with Gasteiger partial charge in [-0.25, -0.2) is 4.68 Å². The normalized spacial score (nSPS) is 10.7. The molecule has 0 aromatic carbocycles. The highest BCUT2D eigenvalue weighted by Crippen LogP contribution is 2.15. The first kappa shape index (κ1) is 11.6. The van der Waals surface area contributed by atoms with Gasteiger partial charge in [-0.05, 0) is 12.8 Å². The molecule has 2 N–H and O–H groups in total. The number of aromatic nitrogens is 2. The van der Waals surface area contributed by atoms with E-state index < -0.39 is 0 Å². The van der Waals surface area contributed by atoms with Gasteiger partial charge < -0.3 is 10.5 Å². The van der Waals surface area contributed by atoms with Gasteiger partial charge in [0.15, 0.2) is 0 Å². The number of nitrogen functional groups attached to an aromatic ring is 1. The van der Waals surface area contributed by atoms with E-state index >= 15 is 0 Å². The fourth-order valence-corrected chi connectivity index (χ4v) is 1.19. The monoisotopic (exact) mass is 211 g/mol. The molecule has 5 heteroatoms. The van der Waals surface area contributed by atoms with Crippen LogP contribution in [0.3, 0.4) is 0 Å². The Morgan fingerprint density at radius 3 is 2.80 bits per heavy atom. The summed E-state index contributed by atoms with van der Waals surface area (Å²) in [5.74, 6) is 0.477. The first-order valence-electron chi connectivity index (χ1n) is 5.03. The zero-order valence-corrected chi connectivity index (χ0v) is 9.36. The van der Waals surface area contributed by atoms with E-state index in [-0.39, 0.29) is 12.5 Å². The highest BCUT2D eigenvalue weighted by Gasteiger charge is 2.11. The zero-order chi connectivity index (χ0) is 11.4. The van der Waals surface area contributed by atoms with Gasteiger partial charge in [-0.15, -0.1) is 0 Å². The van der Waals surface area contributed by atoms with Crippen LogP contribution < -0.4 is 5.73 Å². The molecule has 0 unspecified atom stereocenters. The Balaban J connectivity index is 2.73. The molecule has 0 aliphatic rings. The topological polar surface area (TPSA) is 70.1 Å². The molecule has 0 spiro atoms. The Morgan fingerprint density at radius 1 is 1.67 bits per heavy atom. The minimum Gasteiger partial charge on any atom is -0.465 e. The smallest absolute Gasteiger partial charge is 0.327 e. The highest BCUT2D eigenvalue weighted by atomic mass is 16.5. The zero-order valence-electron chi connectivity index (χ0n) is 9.36. The number of rotatable bonds is 4. The van der Waals surface area contributed by atoms with Crippen LogP contribution in [0.2, 0.25) is 0 Å². The van der Waals surface area contributed by atoms with Crippen molar-refractivity contribution in [2.45, 2.75) is 33.2 Å². The molecule has 1 aromatic heterocycles. The SMILES string of the molecule is CCOC(=O)Cn1nc(C(C)C)cc1N. The molecule has 0 fully saturated rings. The standard InChI is InChI=1S/C10H17N3O2/c1-4-15-10(14)6-13-9(11)5-8(12-13)7(2)3/h5,7H,4,6,11H2,1-3H3. The Hall–Kier alpha value is -1.52. The van der Waals surface area contributed by atoms with Crippen LogP contribution in [-0.2, 0) is 16.1 Å². The van der Waals surface area contributed by atoms with Crippen LogP contribution in [0.1, 0.15) is 32.4 Å². The molecule has 1 rings (SSSR count). The second-order valence-electron chi connectivity index (χ2n) is 3.61. The Bertz CT molecular complexity index is 344. The summed E-state index contributed by atoms with van der Waals surface area (Å²) in [4.78, 5) is 11.2. The molecule has 5 nitrogen and oxygen atoms in total. The molecule has 1 heterocycles. The lowest BCUT2D eigenvalue weighted by atomic mass is 10.1. The summed E-state index contributed by atoms with van der Waals surface area (Å²) in [6, 6.07) is 1.78. The van der Waals surface area contributed by atoms with Crippen molar-refractivity contribution in [1.82, 2.24) is 9.78 Å². The summed E-state index contributed by atoms with van der Waals surface area (Å²) >= 11 is 0. The fraction of sp³-hybridized carbons (Fsp3) is 0.600. The predicted octanol–water partition coefficient (Wildman–Crippen LogP) is 1.15. The Labute approximate surface area is 89.2 Å². The number of carbonyl (C=O) groups is 1. The summed E-state index contributed by atoms with van der Waals surface area (Å²) in [6.07, 6.45) is 0. The van der Waals surface area contributed by atoms with Gasteiger partial charge in [0.25, 0.3) is 0 Å². The van der Waals surface area contributed by atoms with Crippen LogP contribution in [-0.4, -0.2) is 22.4 Å². The third-order valence-electron chi connectivity index (χ3n) is 2.01. The van der Waals surface area contributed by atoms with Crippen LogP contribution in [0, 0.1) is 0 Å². The predicted molar refractivity (Wildman–Crippen MR) is 57.4 cm³/mol. The number of esters is 1. The quantitative estimate of drug-likeness (QED) is 0.758. The van der Waals surface area contributed by atoms with Crippen LogP contribution in [0.25, 0.3) is 0 Å². The van der Waals surface area contributed by atoms with Crippen molar-refractivity contribution in [3.05, 3.63) is 11.8 Å². The van der Waals surface area contributed by atoms with Crippen molar-refractivity contribution in [3.8, 4) is 0 Å². The molecule has 15 heavy (non-hydrogen) atoms. The summed E-state index contributed by atoms with van der Waals surface area (Å²) in [5, 5.41) is 4.22.